The molecule has 0 saturated carbocycles. The van der Waals surface area contributed by atoms with Crippen molar-refractivity contribution in [3.63, 3.8) is 0 Å². The van der Waals surface area contributed by atoms with Crippen LogP contribution in [0.5, 0.6) is 5.75 Å². The van der Waals surface area contributed by atoms with E-state index in [0.717, 1.165) is 5.56 Å². The van der Waals surface area contributed by atoms with Crippen LogP contribution in [0.25, 0.3) is 0 Å². The molecule has 2 atom stereocenters. The number of amides is 3. The van der Waals surface area contributed by atoms with Crippen LogP contribution in [-0.2, 0) is 14.3 Å². The molecule has 0 radical (unpaired) electrons. The molecule has 0 aliphatic heterocycles. The quantitative estimate of drug-likeness (QED) is 0.415. The fourth-order valence-corrected chi connectivity index (χ4v) is 3.68. The summed E-state index contributed by atoms with van der Waals surface area (Å²) in [6.07, 6.45) is -0.339. The average molecular weight is 500 g/mol. The molecule has 0 aliphatic carbocycles. The largest absolute Gasteiger partial charge is 0.508 e. The van der Waals surface area contributed by atoms with Crippen molar-refractivity contribution < 1.29 is 29.3 Å². The predicted octanol–water partition coefficient (Wildman–Crippen LogP) is 3.81. The third-order valence-corrected chi connectivity index (χ3v) is 5.42. The van der Waals surface area contributed by atoms with Crippen molar-refractivity contribution in [1.29, 1.82) is 0 Å². The van der Waals surface area contributed by atoms with Crippen LogP contribution in [0.1, 0.15) is 56.8 Å². The van der Waals surface area contributed by atoms with Crippen molar-refractivity contribution >= 4 is 23.6 Å². The van der Waals surface area contributed by atoms with Crippen molar-refractivity contribution in [3.05, 3.63) is 59.2 Å². The van der Waals surface area contributed by atoms with Gasteiger partial charge in [-0.15, -0.1) is 0 Å². The number of phenols is 1. The number of carbonyl (C=O) groups excluding carboxylic acids is 3. The van der Waals surface area contributed by atoms with Crippen molar-refractivity contribution in [2.75, 3.05) is 18.5 Å². The van der Waals surface area contributed by atoms with E-state index in [9.17, 15) is 24.6 Å². The fourth-order valence-electron chi connectivity index (χ4n) is 3.68. The number of benzene rings is 2. The van der Waals surface area contributed by atoms with Gasteiger partial charge in [-0.05, 0) is 75.9 Å². The summed E-state index contributed by atoms with van der Waals surface area (Å²) in [5, 5.41) is 25.3. The molecule has 9 heteroatoms. The van der Waals surface area contributed by atoms with Crippen molar-refractivity contribution in [1.82, 2.24) is 10.2 Å². The number of aromatic hydroxyl groups is 1. The number of para-hydroxylation sites is 1. The Morgan fingerprint density at radius 1 is 1.06 bits per heavy atom. The number of aliphatic hydroxyl groups excluding tert-OH is 1. The highest BCUT2D eigenvalue weighted by atomic mass is 16.6. The Morgan fingerprint density at radius 2 is 1.72 bits per heavy atom. The van der Waals surface area contributed by atoms with Gasteiger partial charge in [-0.3, -0.25) is 9.59 Å². The Morgan fingerprint density at radius 3 is 2.28 bits per heavy atom. The van der Waals surface area contributed by atoms with Gasteiger partial charge in [0, 0.05) is 12.2 Å². The second kappa shape index (κ2) is 12.4. The molecule has 4 N–H and O–H groups in total. The first-order chi connectivity index (χ1) is 16.9. The second-order valence-corrected chi connectivity index (χ2v) is 9.67. The Bertz CT molecular complexity index is 1080. The zero-order valence-electron chi connectivity index (χ0n) is 21.8. The smallest absolute Gasteiger partial charge is 0.408 e. The van der Waals surface area contributed by atoms with E-state index in [1.54, 1.807) is 52.0 Å². The second-order valence-electron chi connectivity index (χ2n) is 9.67. The molecule has 2 aromatic rings. The molecule has 0 aromatic heterocycles. The van der Waals surface area contributed by atoms with E-state index >= 15 is 0 Å². The maximum absolute atomic E-state index is 13.7. The summed E-state index contributed by atoms with van der Waals surface area (Å²) in [5.74, 6) is -1.05. The molecule has 0 heterocycles. The summed E-state index contributed by atoms with van der Waals surface area (Å²) < 4.78 is 5.23. The molecule has 0 spiro atoms. The van der Waals surface area contributed by atoms with E-state index < -0.39 is 42.2 Å². The summed E-state index contributed by atoms with van der Waals surface area (Å²) in [7, 11) is 0. The van der Waals surface area contributed by atoms with Crippen molar-refractivity contribution in [3.8, 4) is 5.75 Å². The number of nitrogens with one attached hydrogen (secondary N) is 2. The van der Waals surface area contributed by atoms with Crippen molar-refractivity contribution in [2.24, 2.45) is 0 Å². The number of aryl methyl sites for hydroxylation is 2. The van der Waals surface area contributed by atoms with Crippen LogP contribution in [0.4, 0.5) is 10.5 Å². The van der Waals surface area contributed by atoms with Gasteiger partial charge in [0.25, 0.3) is 5.91 Å². The minimum Gasteiger partial charge on any atom is -0.508 e. The van der Waals surface area contributed by atoms with Gasteiger partial charge in [0.05, 0.1) is 6.61 Å². The zero-order valence-corrected chi connectivity index (χ0v) is 21.8. The van der Waals surface area contributed by atoms with E-state index in [2.05, 4.69) is 10.6 Å². The van der Waals surface area contributed by atoms with Crippen LogP contribution in [0, 0.1) is 13.8 Å². The summed E-state index contributed by atoms with van der Waals surface area (Å²) in [4.78, 5) is 40.9. The number of hydrogen-bond donors (Lipinski definition) is 4. The first-order valence-corrected chi connectivity index (χ1v) is 11.9. The van der Waals surface area contributed by atoms with Crippen LogP contribution in [0.3, 0.4) is 0 Å². The Kier molecular flexibility index (Phi) is 9.86. The number of hydrogen-bond acceptors (Lipinski definition) is 6. The summed E-state index contributed by atoms with van der Waals surface area (Å²) in [5.41, 5.74) is 1.66. The first kappa shape index (κ1) is 28.6. The highest BCUT2D eigenvalue weighted by molar-refractivity contribution is 5.99. The Balaban J connectivity index is 2.48. The molecule has 196 valence electrons. The van der Waals surface area contributed by atoms with Crippen LogP contribution >= 0.6 is 0 Å². The van der Waals surface area contributed by atoms with Gasteiger partial charge in [-0.1, -0.05) is 31.2 Å². The SMILES string of the molecule is CCCN(C(=O)C(CO)NC(=O)OC(C)(C)C)C(C(=O)Nc1ccccc1C)c1ccc(O)c(C)c1. The number of aliphatic hydroxyl groups is 1. The van der Waals surface area contributed by atoms with Gasteiger partial charge in [0.1, 0.15) is 23.4 Å². The van der Waals surface area contributed by atoms with E-state index in [-0.39, 0.29) is 12.3 Å². The maximum Gasteiger partial charge on any atom is 0.408 e. The van der Waals surface area contributed by atoms with E-state index in [1.165, 1.54) is 11.0 Å². The molecule has 2 aromatic carbocycles. The number of carbonyl (C=O) groups is 3. The minimum atomic E-state index is -1.32. The molecule has 36 heavy (non-hydrogen) atoms. The fraction of sp³-hybridized carbons (Fsp3) is 0.444. The molecule has 2 rings (SSSR count). The molecule has 9 nitrogen and oxygen atoms in total. The minimum absolute atomic E-state index is 0.0602. The maximum atomic E-state index is 13.7. The topological polar surface area (TPSA) is 128 Å². The van der Waals surface area contributed by atoms with E-state index in [0.29, 0.717) is 23.2 Å². The zero-order chi connectivity index (χ0) is 27.0. The van der Waals surface area contributed by atoms with Gasteiger partial charge in [0.15, 0.2) is 0 Å². The highest BCUT2D eigenvalue weighted by Gasteiger charge is 2.36. The number of alkyl carbamates (subject to hydrolysis) is 1. The first-order valence-electron chi connectivity index (χ1n) is 11.9. The molecule has 0 fully saturated rings. The van der Waals surface area contributed by atoms with Gasteiger partial charge >= 0.3 is 6.09 Å². The Hall–Kier alpha value is -3.59. The lowest BCUT2D eigenvalue weighted by molar-refractivity contribution is -0.141. The molecule has 3 amide bonds. The lowest BCUT2D eigenvalue weighted by atomic mass is 9.99. The third-order valence-electron chi connectivity index (χ3n) is 5.42. The lowest BCUT2D eigenvalue weighted by Crippen LogP contribution is -2.54. The van der Waals surface area contributed by atoms with Gasteiger partial charge in [-0.25, -0.2) is 4.79 Å². The summed E-state index contributed by atoms with van der Waals surface area (Å²) in [6, 6.07) is 9.55. The van der Waals surface area contributed by atoms with E-state index in [1.807, 2.05) is 26.0 Å². The predicted molar refractivity (Wildman–Crippen MR) is 138 cm³/mol. The Labute approximate surface area is 212 Å². The van der Waals surface area contributed by atoms with Crippen LogP contribution < -0.4 is 10.6 Å². The van der Waals surface area contributed by atoms with Gasteiger partial charge < -0.3 is 30.5 Å². The number of anilines is 1. The number of nitrogens with zero attached hydrogens (tertiary/aromatic N) is 1. The van der Waals surface area contributed by atoms with Crippen molar-refractivity contribution in [2.45, 2.75) is 65.6 Å². The molecule has 0 aliphatic rings. The monoisotopic (exact) mass is 499 g/mol. The molecule has 0 bridgehead atoms. The molecule has 0 saturated heterocycles. The van der Waals surface area contributed by atoms with Gasteiger partial charge in [0.2, 0.25) is 5.91 Å². The number of phenolic OH excluding ortho intramolecular Hbond substituents is 1. The summed E-state index contributed by atoms with van der Waals surface area (Å²) >= 11 is 0. The van der Waals surface area contributed by atoms with Crippen LogP contribution in [0.2, 0.25) is 0 Å². The van der Waals surface area contributed by atoms with Gasteiger partial charge in [-0.2, -0.15) is 0 Å². The highest BCUT2D eigenvalue weighted by Crippen LogP contribution is 2.29. The van der Waals surface area contributed by atoms with E-state index in [4.69, 9.17) is 4.74 Å². The summed E-state index contributed by atoms with van der Waals surface area (Å²) in [6.45, 7) is 9.96. The number of ether oxygens (including phenoxy) is 1. The standard InChI is InChI=1S/C27H37N3O6/c1-7-14-30(25(34)21(16-31)29-26(35)36-27(4,5)6)23(19-12-13-22(32)18(3)15-19)24(33)28-20-11-9-8-10-17(20)2/h8-13,15,21,23,31-32H,7,14,16H2,1-6H3,(H,28,33)(H,29,35). The number of rotatable bonds is 9. The van der Waals surface area contributed by atoms with Crippen LogP contribution in [-0.4, -0.2) is 57.8 Å². The average Bonchev–Trinajstić information content (AvgIpc) is 2.79. The molecule has 2 unspecified atom stereocenters. The lowest BCUT2D eigenvalue weighted by Gasteiger charge is -2.34. The normalized spacial score (nSPS) is 12.9. The van der Waals surface area contributed by atoms with Crippen LogP contribution in [0.15, 0.2) is 42.5 Å². The molecular weight excluding hydrogens is 462 g/mol. The third kappa shape index (κ3) is 7.71. The molecular formula is C27H37N3O6.